The van der Waals surface area contributed by atoms with Gasteiger partial charge in [-0.25, -0.2) is 9.59 Å². The van der Waals surface area contributed by atoms with Crippen LogP contribution in [0.3, 0.4) is 0 Å². The van der Waals surface area contributed by atoms with E-state index in [1.54, 1.807) is 20.8 Å². The molecule has 2 rings (SSSR count). The highest BCUT2D eigenvalue weighted by Gasteiger charge is 2.41. The van der Waals surface area contributed by atoms with Crippen LogP contribution in [0, 0.1) is 0 Å². The Hall–Kier alpha value is -2.33. The third-order valence-corrected chi connectivity index (χ3v) is 5.31. The van der Waals surface area contributed by atoms with Gasteiger partial charge in [0, 0.05) is 6.54 Å². The molecule has 0 spiro atoms. The summed E-state index contributed by atoms with van der Waals surface area (Å²) < 4.78 is 39.5. The highest BCUT2D eigenvalue weighted by molar-refractivity contribution is 7.86. The highest BCUT2D eigenvalue weighted by Crippen LogP contribution is 2.20. The lowest BCUT2D eigenvalue weighted by molar-refractivity contribution is 0.0275. The molecule has 1 aliphatic heterocycles. The molecular formula is C19H28N2O7S. The van der Waals surface area contributed by atoms with E-state index in [2.05, 4.69) is 5.32 Å². The fourth-order valence-corrected chi connectivity index (χ4v) is 3.37. The highest BCUT2D eigenvalue weighted by atomic mass is 32.2. The summed E-state index contributed by atoms with van der Waals surface area (Å²) in [5, 5.41) is 2.59. The van der Waals surface area contributed by atoms with Gasteiger partial charge in [0.25, 0.3) is 10.1 Å². The quantitative estimate of drug-likeness (QED) is 0.692. The number of ether oxygens (including phenoxy) is 2. The van der Waals surface area contributed by atoms with Crippen molar-refractivity contribution in [3.05, 3.63) is 35.9 Å². The van der Waals surface area contributed by atoms with Crippen LogP contribution < -0.4 is 5.32 Å². The van der Waals surface area contributed by atoms with E-state index < -0.39 is 40.1 Å². The summed E-state index contributed by atoms with van der Waals surface area (Å²) in [5.74, 6) is -0.221. The Morgan fingerprint density at radius 2 is 1.83 bits per heavy atom. The SMILES string of the molecule is CCS(=O)(=O)OC1CN(C(=O)OC(C)(C)C)CC1NC(=O)OCc1ccccc1. The summed E-state index contributed by atoms with van der Waals surface area (Å²) >= 11 is 0. The molecule has 10 heteroatoms. The smallest absolute Gasteiger partial charge is 0.410 e. The lowest BCUT2D eigenvalue weighted by Crippen LogP contribution is -2.45. The number of nitrogens with one attached hydrogen (secondary N) is 1. The number of benzene rings is 1. The predicted octanol–water partition coefficient (Wildman–Crippen LogP) is 2.27. The molecule has 0 saturated carbocycles. The molecule has 29 heavy (non-hydrogen) atoms. The van der Waals surface area contributed by atoms with Crippen LogP contribution in [0.5, 0.6) is 0 Å². The van der Waals surface area contributed by atoms with Crippen molar-refractivity contribution in [1.29, 1.82) is 0 Å². The van der Waals surface area contributed by atoms with E-state index in [9.17, 15) is 18.0 Å². The predicted molar refractivity (Wildman–Crippen MR) is 106 cm³/mol. The first-order chi connectivity index (χ1) is 13.5. The second-order valence-corrected chi connectivity index (χ2v) is 9.56. The summed E-state index contributed by atoms with van der Waals surface area (Å²) in [6.07, 6.45) is -2.27. The number of likely N-dealkylation sites (tertiary alicyclic amines) is 1. The number of carbonyl (C=O) groups excluding carboxylic acids is 2. The Labute approximate surface area is 171 Å². The Kier molecular flexibility index (Phi) is 7.48. The van der Waals surface area contributed by atoms with Crippen LogP contribution in [0.4, 0.5) is 9.59 Å². The molecule has 2 unspecified atom stereocenters. The molecule has 162 valence electrons. The average Bonchev–Trinajstić information content (AvgIpc) is 3.01. The molecular weight excluding hydrogens is 400 g/mol. The minimum absolute atomic E-state index is 0.0300. The molecule has 1 N–H and O–H groups in total. The van der Waals surface area contributed by atoms with Crippen LogP contribution in [0.15, 0.2) is 30.3 Å². The van der Waals surface area contributed by atoms with Crippen LogP contribution in [0.25, 0.3) is 0 Å². The van der Waals surface area contributed by atoms with Crippen LogP contribution in [-0.2, 0) is 30.4 Å². The molecule has 0 radical (unpaired) electrons. The molecule has 0 aliphatic carbocycles. The van der Waals surface area contributed by atoms with E-state index in [0.717, 1.165) is 5.56 Å². The number of hydrogen-bond donors (Lipinski definition) is 1. The van der Waals surface area contributed by atoms with Crippen molar-refractivity contribution in [2.75, 3.05) is 18.8 Å². The topological polar surface area (TPSA) is 111 Å². The number of amides is 2. The third-order valence-electron chi connectivity index (χ3n) is 4.06. The van der Waals surface area contributed by atoms with E-state index in [0.29, 0.717) is 0 Å². The zero-order valence-corrected chi connectivity index (χ0v) is 17.9. The molecule has 1 fully saturated rings. The largest absolute Gasteiger partial charge is 0.445 e. The minimum Gasteiger partial charge on any atom is -0.445 e. The molecule has 0 bridgehead atoms. The Bertz CT molecular complexity index is 806. The van der Waals surface area contributed by atoms with Crippen molar-refractivity contribution < 1.29 is 31.7 Å². The van der Waals surface area contributed by atoms with Crippen molar-refractivity contribution in [3.8, 4) is 0 Å². The fourth-order valence-electron chi connectivity index (χ4n) is 2.66. The second-order valence-electron chi connectivity index (χ2n) is 7.68. The lowest BCUT2D eigenvalue weighted by atomic mass is 10.2. The number of rotatable bonds is 6. The lowest BCUT2D eigenvalue weighted by Gasteiger charge is -2.24. The van der Waals surface area contributed by atoms with Crippen LogP contribution in [0.2, 0.25) is 0 Å². The van der Waals surface area contributed by atoms with Crippen molar-refractivity contribution in [1.82, 2.24) is 10.2 Å². The van der Waals surface area contributed by atoms with Crippen molar-refractivity contribution in [2.24, 2.45) is 0 Å². The van der Waals surface area contributed by atoms with Gasteiger partial charge in [0.15, 0.2) is 0 Å². The molecule has 9 nitrogen and oxygen atoms in total. The fraction of sp³-hybridized carbons (Fsp3) is 0.579. The summed E-state index contributed by atoms with van der Waals surface area (Å²) in [6, 6.07) is 8.37. The van der Waals surface area contributed by atoms with Crippen LogP contribution in [-0.4, -0.2) is 62.1 Å². The molecule has 2 atom stereocenters. The standard InChI is InChI=1S/C19H28N2O7S/c1-5-29(24,25)28-16-12-21(18(23)27-19(2,3)4)11-15(16)20-17(22)26-13-14-9-7-6-8-10-14/h6-10,15-16H,5,11-13H2,1-4H3,(H,20,22). The van der Waals surface area contributed by atoms with Crippen molar-refractivity contribution in [2.45, 2.75) is 52.0 Å². The third kappa shape index (κ3) is 7.54. The zero-order chi connectivity index (χ0) is 21.7. The molecule has 1 aromatic carbocycles. The maximum absolute atomic E-state index is 12.3. The Morgan fingerprint density at radius 1 is 1.17 bits per heavy atom. The van der Waals surface area contributed by atoms with Gasteiger partial charge in [-0.1, -0.05) is 30.3 Å². The van der Waals surface area contributed by atoms with Crippen LogP contribution >= 0.6 is 0 Å². The first-order valence-electron chi connectivity index (χ1n) is 9.35. The first-order valence-corrected chi connectivity index (χ1v) is 10.9. The average molecular weight is 429 g/mol. The molecule has 1 aromatic rings. The summed E-state index contributed by atoms with van der Waals surface area (Å²) in [4.78, 5) is 25.8. The zero-order valence-electron chi connectivity index (χ0n) is 17.1. The van der Waals surface area contributed by atoms with E-state index in [1.165, 1.54) is 11.8 Å². The van der Waals surface area contributed by atoms with Crippen molar-refractivity contribution >= 4 is 22.3 Å². The summed E-state index contributed by atoms with van der Waals surface area (Å²) in [6.45, 7) is 6.71. The Balaban J connectivity index is 2.02. The molecule has 2 amide bonds. The van der Waals surface area contributed by atoms with Gasteiger partial charge >= 0.3 is 12.2 Å². The van der Waals surface area contributed by atoms with Gasteiger partial charge in [-0.15, -0.1) is 0 Å². The van der Waals surface area contributed by atoms with E-state index in [1.807, 2.05) is 30.3 Å². The van der Waals surface area contributed by atoms with Crippen LogP contribution in [0.1, 0.15) is 33.3 Å². The normalized spacial score (nSPS) is 19.7. The van der Waals surface area contributed by atoms with Gasteiger partial charge in [0.1, 0.15) is 18.3 Å². The van der Waals surface area contributed by atoms with E-state index in [4.69, 9.17) is 13.7 Å². The van der Waals surface area contributed by atoms with Crippen molar-refractivity contribution in [3.63, 3.8) is 0 Å². The molecule has 1 saturated heterocycles. The maximum atomic E-state index is 12.3. The second kappa shape index (κ2) is 9.45. The summed E-state index contributed by atoms with van der Waals surface area (Å²) in [5.41, 5.74) is 0.106. The molecule has 0 aromatic heterocycles. The number of nitrogens with zero attached hydrogens (tertiary/aromatic N) is 1. The van der Waals surface area contributed by atoms with Gasteiger partial charge in [-0.2, -0.15) is 8.42 Å². The van der Waals surface area contributed by atoms with E-state index >= 15 is 0 Å². The maximum Gasteiger partial charge on any atom is 0.410 e. The van der Waals surface area contributed by atoms with Gasteiger partial charge < -0.3 is 19.7 Å². The summed E-state index contributed by atoms with van der Waals surface area (Å²) in [7, 11) is -3.78. The van der Waals surface area contributed by atoms with Gasteiger partial charge in [-0.3, -0.25) is 4.18 Å². The minimum atomic E-state index is -3.78. The number of hydrogen-bond acceptors (Lipinski definition) is 7. The Morgan fingerprint density at radius 3 is 2.41 bits per heavy atom. The first kappa shape index (κ1) is 23.0. The van der Waals surface area contributed by atoms with Gasteiger partial charge in [0.2, 0.25) is 0 Å². The molecule has 1 aliphatic rings. The number of carbonyl (C=O) groups is 2. The monoisotopic (exact) mass is 428 g/mol. The van der Waals surface area contributed by atoms with E-state index in [-0.39, 0.29) is 25.4 Å². The number of alkyl carbamates (subject to hydrolysis) is 1. The molecule has 1 heterocycles. The van der Waals surface area contributed by atoms with Gasteiger partial charge in [-0.05, 0) is 33.3 Å². The van der Waals surface area contributed by atoms with Gasteiger partial charge in [0.05, 0.1) is 18.3 Å².